The third-order valence-electron chi connectivity index (χ3n) is 8.48. The Morgan fingerprint density at radius 3 is 2.44 bits per heavy atom. The summed E-state index contributed by atoms with van der Waals surface area (Å²) in [6.45, 7) is 11.3. The van der Waals surface area contributed by atoms with Crippen LogP contribution >= 0.6 is 11.3 Å². The van der Waals surface area contributed by atoms with Crippen LogP contribution in [0.2, 0.25) is 0 Å². The summed E-state index contributed by atoms with van der Waals surface area (Å²) in [6.07, 6.45) is 5.58. The molecule has 5 heterocycles. The number of aromatic nitrogens is 2. The van der Waals surface area contributed by atoms with Crippen molar-refractivity contribution in [2.24, 2.45) is 0 Å². The molecule has 0 bridgehead atoms. The lowest BCUT2D eigenvalue weighted by Gasteiger charge is -2.36. The molecular weight excluding hydrogens is 593 g/mol. The lowest BCUT2D eigenvalue weighted by molar-refractivity contribution is 0.0296. The standard InChI is InChI=1S/C33H38FN7O3S/c34-26-19-25(38-33(42)37-24-2-3-24)4-6-29(26)44-30-7-8-35-28-20-31(45-32(28)30)27-5-1-23(21-36-27)22-41-13-11-39(12-14-41)9-10-40-15-17-43-18-16-40/h1,4-8,19-21,24H,2-3,9-18,22H2,(H2,37,38,42). The predicted octanol–water partition coefficient (Wildman–Crippen LogP) is 5.02. The normalized spacial score (nSPS) is 18.2. The van der Waals surface area contributed by atoms with E-state index in [9.17, 15) is 9.18 Å². The Labute approximate surface area is 266 Å². The maximum Gasteiger partial charge on any atom is 0.319 e. The number of carbonyl (C=O) groups excluding carboxylic acids is 1. The second kappa shape index (κ2) is 13.8. The summed E-state index contributed by atoms with van der Waals surface area (Å²) in [5.74, 6) is 0.0293. The predicted molar refractivity (Wildman–Crippen MR) is 173 cm³/mol. The van der Waals surface area contributed by atoms with Crippen molar-refractivity contribution < 1.29 is 18.7 Å². The zero-order valence-electron chi connectivity index (χ0n) is 25.2. The summed E-state index contributed by atoms with van der Waals surface area (Å²) in [6, 6.07) is 12.2. The molecule has 7 rings (SSSR count). The molecule has 1 aliphatic carbocycles. The highest BCUT2D eigenvalue weighted by atomic mass is 32.1. The average Bonchev–Trinajstić information content (AvgIpc) is 3.76. The molecule has 3 aliphatic rings. The van der Waals surface area contributed by atoms with E-state index < -0.39 is 5.82 Å². The van der Waals surface area contributed by atoms with Crippen molar-refractivity contribution in [3.8, 4) is 22.1 Å². The van der Waals surface area contributed by atoms with Gasteiger partial charge in [0.25, 0.3) is 0 Å². The Bertz CT molecular complexity index is 1620. The first-order valence-corrected chi connectivity index (χ1v) is 16.5. The zero-order chi connectivity index (χ0) is 30.6. The lowest BCUT2D eigenvalue weighted by atomic mass is 10.2. The van der Waals surface area contributed by atoms with Crippen LogP contribution in [0.1, 0.15) is 18.4 Å². The third kappa shape index (κ3) is 7.77. The fraction of sp³-hybridized carbons (Fsp3) is 0.424. The number of urea groups is 1. The molecule has 4 aromatic rings. The molecule has 12 heteroatoms. The Morgan fingerprint density at radius 1 is 0.933 bits per heavy atom. The van der Waals surface area contributed by atoms with Crippen LogP contribution in [0.3, 0.4) is 0 Å². The number of nitrogens with one attached hydrogen (secondary N) is 2. The van der Waals surface area contributed by atoms with Crippen LogP contribution in [-0.4, -0.2) is 102 Å². The van der Waals surface area contributed by atoms with Crippen molar-refractivity contribution in [3.63, 3.8) is 0 Å². The van der Waals surface area contributed by atoms with Gasteiger partial charge in [-0.15, -0.1) is 11.3 Å². The number of hydrogen-bond donors (Lipinski definition) is 2. The molecule has 2 amide bonds. The van der Waals surface area contributed by atoms with Gasteiger partial charge in [0.1, 0.15) is 5.75 Å². The quantitative estimate of drug-likeness (QED) is 0.252. The number of ether oxygens (including phenoxy) is 2. The Hall–Kier alpha value is -3.68. The summed E-state index contributed by atoms with van der Waals surface area (Å²) >= 11 is 1.52. The molecule has 3 aromatic heterocycles. The van der Waals surface area contributed by atoms with Crippen molar-refractivity contribution >= 4 is 33.3 Å². The van der Waals surface area contributed by atoms with Gasteiger partial charge in [-0.1, -0.05) is 6.07 Å². The molecule has 3 fully saturated rings. The van der Waals surface area contributed by atoms with E-state index in [0.29, 0.717) is 11.4 Å². The fourth-order valence-electron chi connectivity index (χ4n) is 5.68. The second-order valence-electron chi connectivity index (χ2n) is 11.9. The molecule has 2 aliphatic heterocycles. The molecule has 0 spiro atoms. The molecular formula is C33H38FN7O3S. The first-order chi connectivity index (χ1) is 22.1. The maximum absolute atomic E-state index is 14.9. The number of rotatable bonds is 10. The minimum Gasteiger partial charge on any atom is -0.453 e. The summed E-state index contributed by atoms with van der Waals surface area (Å²) in [4.78, 5) is 29.8. The summed E-state index contributed by atoms with van der Waals surface area (Å²) < 4.78 is 27.2. The number of piperazine rings is 1. The molecule has 2 saturated heterocycles. The van der Waals surface area contributed by atoms with E-state index in [1.807, 2.05) is 12.3 Å². The van der Waals surface area contributed by atoms with E-state index in [0.717, 1.165) is 106 Å². The number of carbonyl (C=O) groups is 1. The fourth-order valence-corrected chi connectivity index (χ4v) is 6.72. The molecule has 45 heavy (non-hydrogen) atoms. The van der Waals surface area contributed by atoms with E-state index in [1.54, 1.807) is 18.3 Å². The molecule has 0 radical (unpaired) electrons. The molecule has 1 saturated carbocycles. The first kappa shape index (κ1) is 30.0. The van der Waals surface area contributed by atoms with Crippen LogP contribution in [0.25, 0.3) is 20.8 Å². The highest BCUT2D eigenvalue weighted by molar-refractivity contribution is 7.22. The van der Waals surface area contributed by atoms with E-state index in [1.165, 1.54) is 29.0 Å². The van der Waals surface area contributed by atoms with Gasteiger partial charge in [-0.25, -0.2) is 9.18 Å². The van der Waals surface area contributed by atoms with Crippen molar-refractivity contribution in [2.45, 2.75) is 25.4 Å². The van der Waals surface area contributed by atoms with Gasteiger partial charge in [-0.2, -0.15) is 0 Å². The molecule has 1 aromatic carbocycles. The van der Waals surface area contributed by atoms with Crippen LogP contribution < -0.4 is 15.4 Å². The minimum atomic E-state index is -0.562. The lowest BCUT2D eigenvalue weighted by Crippen LogP contribution is -2.49. The van der Waals surface area contributed by atoms with Crippen LogP contribution in [0.5, 0.6) is 11.5 Å². The number of pyridine rings is 2. The van der Waals surface area contributed by atoms with Crippen molar-refractivity contribution in [1.29, 1.82) is 0 Å². The van der Waals surface area contributed by atoms with E-state index in [-0.39, 0.29) is 17.8 Å². The van der Waals surface area contributed by atoms with Crippen molar-refractivity contribution in [3.05, 3.63) is 66.2 Å². The number of hydrogen-bond acceptors (Lipinski definition) is 9. The van der Waals surface area contributed by atoms with Gasteiger partial charge >= 0.3 is 6.03 Å². The first-order valence-electron chi connectivity index (χ1n) is 15.7. The number of amides is 2. The van der Waals surface area contributed by atoms with Crippen LogP contribution in [0.15, 0.2) is 54.9 Å². The maximum atomic E-state index is 14.9. The number of morpholine rings is 1. The molecule has 0 atom stereocenters. The topological polar surface area (TPSA) is 95.1 Å². The smallest absolute Gasteiger partial charge is 0.319 e. The number of thiophene rings is 1. The van der Waals surface area contributed by atoms with E-state index in [2.05, 4.69) is 42.5 Å². The average molecular weight is 632 g/mol. The minimum absolute atomic E-state index is 0.0750. The van der Waals surface area contributed by atoms with Gasteiger partial charge in [0, 0.05) is 95.2 Å². The SMILES string of the molecule is O=C(Nc1ccc(Oc2ccnc3cc(-c4ccc(CN5CCN(CCN6CCOCC6)CC5)cn4)sc23)c(F)c1)NC1CC1. The van der Waals surface area contributed by atoms with E-state index in [4.69, 9.17) is 14.5 Å². The zero-order valence-corrected chi connectivity index (χ0v) is 26.0. The van der Waals surface area contributed by atoms with Gasteiger partial charge in [0.2, 0.25) is 0 Å². The largest absolute Gasteiger partial charge is 0.453 e. The Kier molecular flexibility index (Phi) is 9.17. The second-order valence-corrected chi connectivity index (χ2v) is 12.9. The number of fused-ring (bicyclic) bond motifs is 1. The van der Waals surface area contributed by atoms with Gasteiger partial charge in [-0.3, -0.25) is 24.7 Å². The number of nitrogens with zero attached hydrogens (tertiary/aromatic N) is 5. The Balaban J connectivity index is 0.944. The van der Waals surface area contributed by atoms with Gasteiger partial charge in [0.15, 0.2) is 11.6 Å². The van der Waals surface area contributed by atoms with Gasteiger partial charge < -0.3 is 20.1 Å². The van der Waals surface area contributed by atoms with Crippen LogP contribution in [0, 0.1) is 5.82 Å². The van der Waals surface area contributed by atoms with Crippen LogP contribution in [-0.2, 0) is 11.3 Å². The van der Waals surface area contributed by atoms with Gasteiger partial charge in [-0.05, 0) is 42.7 Å². The molecule has 0 unspecified atom stereocenters. The monoisotopic (exact) mass is 631 g/mol. The number of anilines is 1. The number of benzene rings is 1. The summed E-state index contributed by atoms with van der Waals surface area (Å²) in [5, 5.41) is 5.50. The molecule has 236 valence electrons. The van der Waals surface area contributed by atoms with Crippen LogP contribution in [0.4, 0.5) is 14.9 Å². The van der Waals surface area contributed by atoms with E-state index >= 15 is 0 Å². The van der Waals surface area contributed by atoms with Gasteiger partial charge in [0.05, 0.1) is 34.0 Å². The highest BCUT2D eigenvalue weighted by Gasteiger charge is 2.23. The molecule has 10 nitrogen and oxygen atoms in total. The molecule has 2 N–H and O–H groups in total. The number of halogens is 1. The highest BCUT2D eigenvalue weighted by Crippen LogP contribution is 2.39. The third-order valence-corrected chi connectivity index (χ3v) is 9.64. The van der Waals surface area contributed by atoms with Crippen molar-refractivity contribution in [2.75, 3.05) is 70.9 Å². The summed E-state index contributed by atoms with van der Waals surface area (Å²) in [5.41, 5.74) is 3.20. The summed E-state index contributed by atoms with van der Waals surface area (Å²) in [7, 11) is 0. The Morgan fingerprint density at radius 2 is 1.71 bits per heavy atom. The van der Waals surface area contributed by atoms with Crippen molar-refractivity contribution in [1.82, 2.24) is 30.0 Å².